The van der Waals surface area contributed by atoms with Crippen LogP contribution in [0, 0.1) is 5.92 Å². The third-order valence-corrected chi connectivity index (χ3v) is 5.34. The van der Waals surface area contributed by atoms with E-state index in [2.05, 4.69) is 4.99 Å². The SMILES string of the molecule is COC(=O)C1C(C)=NC2=C(C(=O)CCC2)[C@@H]1c1cc(OC)c(OC)c(OC)c1. The fourth-order valence-corrected chi connectivity index (χ4v) is 4.08. The van der Waals surface area contributed by atoms with Crippen molar-refractivity contribution in [2.24, 2.45) is 10.9 Å². The van der Waals surface area contributed by atoms with Crippen LogP contribution >= 0.6 is 0 Å². The van der Waals surface area contributed by atoms with Crippen LogP contribution in [-0.2, 0) is 14.3 Å². The Balaban J connectivity index is 2.25. The number of hydrogen-bond donors (Lipinski definition) is 0. The number of benzene rings is 1. The van der Waals surface area contributed by atoms with Crippen molar-refractivity contribution < 1.29 is 28.5 Å². The van der Waals surface area contributed by atoms with Gasteiger partial charge in [0.1, 0.15) is 5.92 Å². The molecule has 3 rings (SSSR count). The lowest BCUT2D eigenvalue weighted by atomic mass is 9.71. The zero-order valence-electron chi connectivity index (χ0n) is 16.8. The number of Topliss-reactive ketones (excluding diaryl/α,β-unsaturated/α-hetero) is 1. The van der Waals surface area contributed by atoms with Gasteiger partial charge in [0.05, 0.1) is 28.4 Å². The summed E-state index contributed by atoms with van der Waals surface area (Å²) in [6.45, 7) is 1.80. The van der Waals surface area contributed by atoms with Crippen LogP contribution in [0.2, 0.25) is 0 Å². The first-order valence-corrected chi connectivity index (χ1v) is 9.15. The second-order valence-corrected chi connectivity index (χ2v) is 6.83. The predicted molar refractivity (Wildman–Crippen MR) is 103 cm³/mol. The molecule has 0 fully saturated rings. The minimum atomic E-state index is -0.686. The van der Waals surface area contributed by atoms with E-state index in [1.165, 1.54) is 28.4 Å². The van der Waals surface area contributed by atoms with Crippen LogP contribution in [0.3, 0.4) is 0 Å². The normalized spacial score (nSPS) is 21.6. The molecule has 28 heavy (non-hydrogen) atoms. The van der Waals surface area contributed by atoms with Crippen LogP contribution in [0.15, 0.2) is 28.4 Å². The van der Waals surface area contributed by atoms with Crippen LogP contribution in [0.25, 0.3) is 0 Å². The molecule has 7 heteroatoms. The van der Waals surface area contributed by atoms with Gasteiger partial charge in [-0.05, 0) is 37.5 Å². The Hall–Kier alpha value is -2.83. The van der Waals surface area contributed by atoms with E-state index < -0.39 is 17.8 Å². The molecule has 0 aromatic heterocycles. The number of rotatable bonds is 5. The first kappa shape index (κ1) is 19.9. The molecule has 0 bridgehead atoms. The summed E-state index contributed by atoms with van der Waals surface area (Å²) in [4.78, 5) is 30.1. The van der Waals surface area contributed by atoms with E-state index in [-0.39, 0.29) is 5.78 Å². The Morgan fingerprint density at radius 1 is 1.04 bits per heavy atom. The lowest BCUT2D eigenvalue weighted by Gasteiger charge is -2.34. The molecule has 7 nitrogen and oxygen atoms in total. The Labute approximate surface area is 164 Å². The monoisotopic (exact) mass is 387 g/mol. The number of methoxy groups -OCH3 is 4. The molecule has 1 aliphatic heterocycles. The molecule has 1 aromatic rings. The highest BCUT2D eigenvalue weighted by Gasteiger charge is 2.43. The van der Waals surface area contributed by atoms with Gasteiger partial charge in [-0.1, -0.05) is 0 Å². The summed E-state index contributed by atoms with van der Waals surface area (Å²) in [6.07, 6.45) is 1.93. The van der Waals surface area contributed by atoms with Crippen molar-refractivity contribution in [3.63, 3.8) is 0 Å². The van der Waals surface area contributed by atoms with Gasteiger partial charge in [0.15, 0.2) is 17.3 Å². The largest absolute Gasteiger partial charge is 0.493 e. The minimum absolute atomic E-state index is 0.0187. The zero-order valence-corrected chi connectivity index (χ0v) is 16.8. The van der Waals surface area contributed by atoms with E-state index in [9.17, 15) is 9.59 Å². The molecular formula is C21H25NO6. The summed E-state index contributed by atoms with van der Waals surface area (Å²) in [6, 6.07) is 3.57. The molecule has 0 spiro atoms. The summed E-state index contributed by atoms with van der Waals surface area (Å²) >= 11 is 0. The highest BCUT2D eigenvalue weighted by Crippen LogP contribution is 2.47. The standard InChI is InChI=1S/C21H25NO6/c1-11-17(21(24)28-5)18(19-13(22-11)7-6-8-14(19)23)12-9-15(25-2)20(27-4)16(10-12)26-3/h9-10,17-18H,6-8H2,1-5H3/t17?,18-/m1/s1. The van der Waals surface area contributed by atoms with Gasteiger partial charge in [0.2, 0.25) is 5.75 Å². The van der Waals surface area contributed by atoms with Crippen molar-refractivity contribution in [1.29, 1.82) is 0 Å². The number of ketones is 1. The van der Waals surface area contributed by atoms with Gasteiger partial charge >= 0.3 is 5.97 Å². The van der Waals surface area contributed by atoms with Gasteiger partial charge in [-0.25, -0.2) is 0 Å². The lowest BCUT2D eigenvalue weighted by Crippen LogP contribution is -2.37. The van der Waals surface area contributed by atoms with Gasteiger partial charge in [-0.3, -0.25) is 14.6 Å². The van der Waals surface area contributed by atoms with Crippen molar-refractivity contribution in [2.75, 3.05) is 28.4 Å². The van der Waals surface area contributed by atoms with Crippen molar-refractivity contribution in [1.82, 2.24) is 0 Å². The number of carbonyl (C=O) groups excluding carboxylic acids is 2. The third-order valence-electron chi connectivity index (χ3n) is 5.34. The summed E-state index contributed by atoms with van der Waals surface area (Å²) in [5.74, 6) is -0.226. The maximum atomic E-state index is 12.8. The molecule has 150 valence electrons. The van der Waals surface area contributed by atoms with Crippen molar-refractivity contribution in [3.8, 4) is 17.2 Å². The van der Waals surface area contributed by atoms with Crippen molar-refractivity contribution >= 4 is 17.5 Å². The fourth-order valence-electron chi connectivity index (χ4n) is 4.08. The van der Waals surface area contributed by atoms with E-state index in [1.807, 2.05) is 0 Å². The smallest absolute Gasteiger partial charge is 0.315 e. The number of ether oxygens (including phenoxy) is 4. The number of aliphatic imine (C=N–C) groups is 1. The molecule has 0 saturated heterocycles. The number of nitrogens with zero attached hydrogens (tertiary/aromatic N) is 1. The maximum absolute atomic E-state index is 12.8. The predicted octanol–water partition coefficient (Wildman–Crippen LogP) is 3.07. The minimum Gasteiger partial charge on any atom is -0.493 e. The third kappa shape index (κ3) is 3.25. The first-order valence-electron chi connectivity index (χ1n) is 9.15. The Morgan fingerprint density at radius 2 is 1.68 bits per heavy atom. The van der Waals surface area contributed by atoms with Crippen LogP contribution in [-0.4, -0.2) is 45.9 Å². The van der Waals surface area contributed by atoms with Crippen molar-refractivity contribution in [2.45, 2.75) is 32.1 Å². The molecule has 1 heterocycles. The molecule has 1 aliphatic carbocycles. The Morgan fingerprint density at radius 3 is 2.21 bits per heavy atom. The van der Waals surface area contributed by atoms with Crippen LogP contribution in [0.4, 0.5) is 0 Å². The molecule has 1 aromatic carbocycles. The summed E-state index contributed by atoms with van der Waals surface area (Å²) < 4.78 is 21.4. The zero-order chi connectivity index (χ0) is 20.4. The topological polar surface area (TPSA) is 83.4 Å². The lowest BCUT2D eigenvalue weighted by molar-refractivity contribution is -0.143. The number of esters is 1. The van der Waals surface area contributed by atoms with E-state index in [4.69, 9.17) is 18.9 Å². The second kappa shape index (κ2) is 8.04. The van der Waals surface area contributed by atoms with Crippen LogP contribution in [0.5, 0.6) is 17.2 Å². The maximum Gasteiger partial charge on any atom is 0.315 e. The summed E-state index contributed by atoms with van der Waals surface area (Å²) in [7, 11) is 5.93. The fraction of sp³-hybridized carbons (Fsp3) is 0.476. The van der Waals surface area contributed by atoms with Gasteiger partial charge < -0.3 is 18.9 Å². The van der Waals surface area contributed by atoms with E-state index in [0.29, 0.717) is 41.4 Å². The second-order valence-electron chi connectivity index (χ2n) is 6.83. The molecule has 2 aliphatic rings. The molecule has 2 atom stereocenters. The molecule has 0 radical (unpaired) electrons. The first-order chi connectivity index (χ1) is 13.5. The van der Waals surface area contributed by atoms with Gasteiger partial charge in [0.25, 0.3) is 0 Å². The highest BCUT2D eigenvalue weighted by atomic mass is 16.5. The highest BCUT2D eigenvalue weighted by molar-refractivity contribution is 6.08. The van der Waals surface area contributed by atoms with Gasteiger partial charge in [-0.15, -0.1) is 0 Å². The molecule has 1 unspecified atom stereocenters. The van der Waals surface area contributed by atoms with Crippen molar-refractivity contribution in [3.05, 3.63) is 29.0 Å². The molecular weight excluding hydrogens is 362 g/mol. The number of allylic oxidation sites excluding steroid dienone is 2. The van der Waals surface area contributed by atoms with E-state index >= 15 is 0 Å². The quantitative estimate of drug-likeness (QED) is 0.722. The average molecular weight is 387 g/mol. The molecule has 0 N–H and O–H groups in total. The Bertz CT molecular complexity index is 845. The molecule has 0 saturated carbocycles. The van der Waals surface area contributed by atoms with Gasteiger partial charge in [-0.2, -0.15) is 0 Å². The summed E-state index contributed by atoms with van der Waals surface area (Å²) in [5.41, 5.74) is 2.70. The van der Waals surface area contributed by atoms with Gasteiger partial charge in [0, 0.05) is 29.3 Å². The summed E-state index contributed by atoms with van der Waals surface area (Å²) in [5, 5.41) is 0. The average Bonchev–Trinajstić information content (AvgIpc) is 2.71. The number of carbonyl (C=O) groups is 2. The molecule has 0 amide bonds. The van der Waals surface area contributed by atoms with Crippen LogP contribution < -0.4 is 14.2 Å². The van der Waals surface area contributed by atoms with Crippen LogP contribution in [0.1, 0.15) is 37.7 Å². The van der Waals surface area contributed by atoms with E-state index in [1.54, 1.807) is 19.1 Å². The van der Waals surface area contributed by atoms with E-state index in [0.717, 1.165) is 17.7 Å². The number of hydrogen-bond acceptors (Lipinski definition) is 7. The Kier molecular flexibility index (Phi) is 5.72.